The van der Waals surface area contributed by atoms with E-state index in [1.165, 1.54) is 0 Å². The number of aliphatic hydroxyl groups is 2. The van der Waals surface area contributed by atoms with Gasteiger partial charge in [0.25, 0.3) is 5.91 Å². The van der Waals surface area contributed by atoms with Crippen molar-refractivity contribution in [1.29, 1.82) is 0 Å². The molecule has 7 nitrogen and oxygen atoms in total. The molecule has 1 aromatic heterocycles. The fraction of sp³-hybridized carbons (Fsp3) is 0.714. The van der Waals surface area contributed by atoms with Crippen LogP contribution < -0.4 is 0 Å². The van der Waals surface area contributed by atoms with Crippen LogP contribution in [0.2, 0.25) is 0 Å². The minimum Gasteiger partial charge on any atom is -0.388 e. The third-order valence-electron chi connectivity index (χ3n) is 6.02. The summed E-state index contributed by atoms with van der Waals surface area (Å²) >= 11 is 0. The van der Waals surface area contributed by atoms with Crippen molar-refractivity contribution in [2.75, 3.05) is 26.2 Å². The first-order valence-electron chi connectivity index (χ1n) is 10.2. The number of aromatic nitrogens is 1. The van der Waals surface area contributed by atoms with Gasteiger partial charge < -0.3 is 24.6 Å². The Morgan fingerprint density at radius 1 is 1.04 bits per heavy atom. The molecule has 0 aliphatic carbocycles. The Bertz CT molecular complexity index is 766. The van der Waals surface area contributed by atoms with Crippen molar-refractivity contribution in [3.63, 3.8) is 0 Å². The summed E-state index contributed by atoms with van der Waals surface area (Å²) in [7, 11) is 1.85. The van der Waals surface area contributed by atoms with Gasteiger partial charge in [0, 0.05) is 45.1 Å². The zero-order valence-electron chi connectivity index (χ0n) is 17.5. The first-order valence-corrected chi connectivity index (χ1v) is 10.2. The van der Waals surface area contributed by atoms with Gasteiger partial charge in [-0.15, -0.1) is 0 Å². The Labute approximate surface area is 166 Å². The number of rotatable bonds is 3. The topological polar surface area (TPSA) is 86.0 Å². The predicted molar refractivity (Wildman–Crippen MR) is 106 cm³/mol. The van der Waals surface area contributed by atoms with Crippen LogP contribution in [-0.2, 0) is 18.3 Å². The van der Waals surface area contributed by atoms with Gasteiger partial charge in [-0.2, -0.15) is 0 Å². The van der Waals surface area contributed by atoms with E-state index in [0.29, 0.717) is 50.3 Å². The van der Waals surface area contributed by atoms with Crippen LogP contribution in [0.3, 0.4) is 0 Å². The monoisotopic (exact) mass is 391 g/mol. The van der Waals surface area contributed by atoms with Crippen LogP contribution >= 0.6 is 0 Å². The smallest absolute Gasteiger partial charge is 0.256 e. The second-order valence-corrected chi connectivity index (χ2v) is 9.16. The minimum absolute atomic E-state index is 0.0686. The molecule has 2 unspecified atom stereocenters. The van der Waals surface area contributed by atoms with Crippen LogP contribution in [0.1, 0.15) is 61.1 Å². The number of likely N-dealkylation sites (tertiary alicyclic amines) is 2. The van der Waals surface area contributed by atoms with E-state index < -0.39 is 11.2 Å². The quantitative estimate of drug-likeness (QED) is 0.812. The number of hydrogen-bond donors (Lipinski definition) is 2. The van der Waals surface area contributed by atoms with Gasteiger partial charge in [-0.25, -0.2) is 0 Å². The van der Waals surface area contributed by atoms with Gasteiger partial charge in [-0.3, -0.25) is 9.59 Å². The number of carbonyl (C=O) groups is 2. The Balaban J connectivity index is 1.81. The standard InChI is InChI=1S/C21H33N3O4/c1-15-12-22(4)16(11-17(25)23-9-5-7-20(2,27)13-23)18(15)19(26)24-10-6-8-21(3,28)14-24/h12,27-28H,5-11,13-14H2,1-4H3. The van der Waals surface area contributed by atoms with Gasteiger partial charge in [-0.05, 0) is 52.0 Å². The van der Waals surface area contributed by atoms with E-state index in [4.69, 9.17) is 0 Å². The predicted octanol–water partition coefficient (Wildman–Crippen LogP) is 1.24. The first-order chi connectivity index (χ1) is 13.0. The highest BCUT2D eigenvalue weighted by molar-refractivity contribution is 5.98. The Morgan fingerprint density at radius 2 is 1.57 bits per heavy atom. The number of β-amino-alcohol motifs (C(OH)–C–C–N with tert-alkyl or cyclic N) is 2. The largest absolute Gasteiger partial charge is 0.388 e. The maximum atomic E-state index is 13.2. The third-order valence-corrected chi connectivity index (χ3v) is 6.02. The van der Waals surface area contributed by atoms with Crippen LogP contribution in [0.4, 0.5) is 0 Å². The van der Waals surface area contributed by atoms with Crippen LogP contribution in [0.15, 0.2) is 6.20 Å². The summed E-state index contributed by atoms with van der Waals surface area (Å²) in [5, 5.41) is 20.7. The summed E-state index contributed by atoms with van der Waals surface area (Å²) in [5.74, 6) is -0.188. The molecule has 1 aromatic rings. The number of amides is 2. The Morgan fingerprint density at radius 3 is 2.14 bits per heavy atom. The average molecular weight is 392 g/mol. The van der Waals surface area contributed by atoms with Gasteiger partial charge >= 0.3 is 0 Å². The van der Waals surface area contributed by atoms with Gasteiger partial charge in [0.1, 0.15) is 0 Å². The van der Waals surface area contributed by atoms with Crippen molar-refractivity contribution >= 4 is 11.8 Å². The van der Waals surface area contributed by atoms with E-state index >= 15 is 0 Å². The molecule has 0 bridgehead atoms. The summed E-state index contributed by atoms with van der Waals surface area (Å²) in [5.41, 5.74) is 0.383. The maximum absolute atomic E-state index is 13.2. The average Bonchev–Trinajstić information content (AvgIpc) is 2.86. The lowest BCUT2D eigenvalue weighted by Crippen LogP contribution is -2.49. The number of aryl methyl sites for hydroxylation is 2. The number of hydrogen-bond acceptors (Lipinski definition) is 4. The second-order valence-electron chi connectivity index (χ2n) is 9.16. The van der Waals surface area contributed by atoms with Crippen molar-refractivity contribution in [1.82, 2.24) is 14.4 Å². The molecule has 2 aliphatic rings. The SMILES string of the molecule is Cc1cn(C)c(CC(=O)N2CCCC(C)(O)C2)c1C(=O)N1CCCC(C)(O)C1. The molecular formula is C21H33N3O4. The Kier molecular flexibility index (Phi) is 5.60. The van der Waals surface area contributed by atoms with Crippen LogP contribution in [0, 0.1) is 6.92 Å². The highest BCUT2D eigenvalue weighted by atomic mass is 16.3. The number of piperidine rings is 2. The lowest BCUT2D eigenvalue weighted by molar-refractivity contribution is -0.136. The van der Waals surface area contributed by atoms with Crippen molar-refractivity contribution in [3.05, 3.63) is 23.0 Å². The molecule has 0 spiro atoms. The summed E-state index contributed by atoms with van der Waals surface area (Å²) < 4.78 is 1.85. The first kappa shape index (κ1) is 20.9. The third kappa shape index (κ3) is 4.41. The van der Waals surface area contributed by atoms with Gasteiger partial charge in [0.05, 0.1) is 23.2 Å². The molecule has 3 rings (SSSR count). The molecular weight excluding hydrogens is 358 g/mol. The van der Waals surface area contributed by atoms with E-state index in [1.54, 1.807) is 23.6 Å². The van der Waals surface area contributed by atoms with Crippen molar-refractivity contribution in [3.8, 4) is 0 Å². The van der Waals surface area contributed by atoms with Crippen LogP contribution in [-0.4, -0.2) is 73.8 Å². The molecule has 2 fully saturated rings. The van der Waals surface area contributed by atoms with Gasteiger partial charge in [-0.1, -0.05) is 0 Å². The molecule has 2 aliphatic heterocycles. The molecule has 2 amide bonds. The van der Waals surface area contributed by atoms with Crippen LogP contribution in [0.5, 0.6) is 0 Å². The van der Waals surface area contributed by atoms with E-state index in [9.17, 15) is 19.8 Å². The molecule has 2 saturated heterocycles. The fourth-order valence-electron chi connectivity index (χ4n) is 4.58. The minimum atomic E-state index is -0.869. The molecule has 2 N–H and O–H groups in total. The zero-order valence-corrected chi connectivity index (χ0v) is 17.5. The van der Waals surface area contributed by atoms with E-state index in [2.05, 4.69) is 0 Å². The molecule has 0 saturated carbocycles. The molecule has 0 aromatic carbocycles. The molecule has 0 radical (unpaired) electrons. The number of carbonyl (C=O) groups excluding carboxylic acids is 2. The lowest BCUT2D eigenvalue weighted by atomic mass is 9.94. The van der Waals surface area contributed by atoms with E-state index in [0.717, 1.165) is 18.4 Å². The van der Waals surface area contributed by atoms with E-state index in [1.807, 2.05) is 24.7 Å². The summed E-state index contributed by atoms with van der Waals surface area (Å²) in [6, 6.07) is 0. The maximum Gasteiger partial charge on any atom is 0.256 e. The van der Waals surface area contributed by atoms with E-state index in [-0.39, 0.29) is 18.2 Å². The summed E-state index contributed by atoms with van der Waals surface area (Å²) in [6.07, 6.45) is 4.93. The van der Waals surface area contributed by atoms with Crippen molar-refractivity contribution < 1.29 is 19.8 Å². The molecule has 156 valence electrons. The second kappa shape index (κ2) is 7.52. The molecule has 2 atom stereocenters. The highest BCUT2D eigenvalue weighted by Gasteiger charge is 2.35. The molecule has 3 heterocycles. The normalized spacial score (nSPS) is 28.5. The summed E-state index contributed by atoms with van der Waals surface area (Å²) in [4.78, 5) is 29.5. The summed E-state index contributed by atoms with van der Waals surface area (Å²) in [6.45, 7) is 7.29. The lowest BCUT2D eigenvalue weighted by Gasteiger charge is -2.37. The molecule has 28 heavy (non-hydrogen) atoms. The zero-order chi connectivity index (χ0) is 20.7. The van der Waals surface area contributed by atoms with Crippen molar-refractivity contribution in [2.24, 2.45) is 7.05 Å². The Hall–Kier alpha value is -1.86. The van der Waals surface area contributed by atoms with Gasteiger partial charge in [0.15, 0.2) is 0 Å². The highest BCUT2D eigenvalue weighted by Crippen LogP contribution is 2.26. The van der Waals surface area contributed by atoms with Crippen LogP contribution in [0.25, 0.3) is 0 Å². The molecule has 7 heteroatoms. The number of nitrogens with zero attached hydrogens (tertiary/aromatic N) is 3. The van der Waals surface area contributed by atoms with Crippen molar-refractivity contribution in [2.45, 2.75) is 64.1 Å². The van der Waals surface area contributed by atoms with Gasteiger partial charge in [0.2, 0.25) is 5.91 Å². The fourth-order valence-corrected chi connectivity index (χ4v) is 4.58.